The van der Waals surface area contributed by atoms with Gasteiger partial charge in [-0.15, -0.1) is 0 Å². The number of hydrogen-bond donors (Lipinski definition) is 0. The molecule has 10 heteroatoms. The maximum absolute atomic E-state index is 13.7. The zero-order valence-corrected chi connectivity index (χ0v) is 25.6. The van der Waals surface area contributed by atoms with Gasteiger partial charge in [0.05, 0.1) is 28.4 Å². The summed E-state index contributed by atoms with van der Waals surface area (Å²) >= 11 is 13.1. The third-order valence-electron chi connectivity index (χ3n) is 5.52. The molecule has 2 nitrogen and oxygen atoms in total. The molecular weight excluding hydrogens is 776 g/mol. The Hall–Kier alpha value is -1.32. The third kappa shape index (κ3) is 5.73. The van der Waals surface area contributed by atoms with Crippen molar-refractivity contribution >= 4 is 93.9 Å². The van der Waals surface area contributed by atoms with Crippen LogP contribution in [0.4, 0.5) is 24.5 Å². The maximum atomic E-state index is 13.7. The molecule has 0 unspecified atom stereocenters. The summed E-state index contributed by atoms with van der Waals surface area (Å²) in [6, 6.07) is 20.8. The van der Waals surface area contributed by atoms with E-state index in [0.29, 0.717) is 17.1 Å². The van der Waals surface area contributed by atoms with Crippen LogP contribution >= 0.6 is 60.3 Å². The molecule has 0 atom stereocenters. The third-order valence-corrected chi connectivity index (χ3v) is 6.59. The Balaban J connectivity index is 0.000000967. The molecule has 1 aliphatic rings. The van der Waals surface area contributed by atoms with E-state index in [1.165, 1.54) is 23.0 Å². The number of para-hydroxylation sites is 1. The fourth-order valence-electron chi connectivity index (χ4n) is 4.10. The van der Waals surface area contributed by atoms with E-state index >= 15 is 0 Å². The van der Waals surface area contributed by atoms with Crippen LogP contribution in [-0.4, -0.2) is 11.4 Å². The van der Waals surface area contributed by atoms with E-state index in [1.807, 2.05) is 55.5 Å². The van der Waals surface area contributed by atoms with Gasteiger partial charge in [0, 0.05) is 25.5 Å². The molecule has 0 N–H and O–H groups in total. The predicted octanol–water partition coefficient (Wildman–Crippen LogP) is 10.6. The predicted molar refractivity (Wildman–Crippen MR) is 152 cm³/mol. The summed E-state index contributed by atoms with van der Waals surface area (Å²) < 4.78 is 42.8. The Kier molecular flexibility index (Phi) is 8.93. The van der Waals surface area contributed by atoms with Gasteiger partial charge in [0.25, 0.3) is 0 Å². The van der Waals surface area contributed by atoms with Gasteiger partial charge in [-0.25, -0.2) is 9.98 Å². The van der Waals surface area contributed by atoms with Gasteiger partial charge in [0.15, 0.2) is 0 Å². The van der Waals surface area contributed by atoms with Crippen LogP contribution in [0.15, 0.2) is 91.7 Å². The van der Waals surface area contributed by atoms with E-state index in [9.17, 15) is 13.2 Å². The average molecular weight is 791 g/mol. The number of benzene rings is 4. The van der Waals surface area contributed by atoms with Gasteiger partial charge >= 0.3 is 45.5 Å². The van der Waals surface area contributed by atoms with Crippen molar-refractivity contribution in [2.24, 2.45) is 9.98 Å². The zero-order chi connectivity index (χ0) is 26.0. The van der Waals surface area contributed by atoms with E-state index in [0.717, 1.165) is 42.5 Å². The molecular formula is C26H15Br4F3N2Ni. The van der Waals surface area contributed by atoms with Crippen LogP contribution in [0.1, 0.15) is 22.3 Å². The van der Waals surface area contributed by atoms with Gasteiger partial charge in [-0.05, 0) is 58.1 Å². The van der Waals surface area contributed by atoms with Crippen LogP contribution in [0.3, 0.4) is 0 Å². The molecule has 0 spiro atoms. The summed E-state index contributed by atoms with van der Waals surface area (Å²) in [5.41, 5.74) is 3.30. The van der Waals surface area contributed by atoms with Crippen molar-refractivity contribution in [2.45, 2.75) is 13.1 Å². The molecule has 0 aliphatic heterocycles. The summed E-state index contributed by atoms with van der Waals surface area (Å²) in [5, 5.41) is 1.92. The number of aliphatic imine (C=N–C) groups is 2. The quantitative estimate of drug-likeness (QED) is 0.181. The first-order valence-electron chi connectivity index (χ1n) is 10.3. The molecule has 0 amide bonds. The molecule has 0 radical (unpaired) electrons. The van der Waals surface area contributed by atoms with Crippen molar-refractivity contribution < 1.29 is 24.1 Å². The van der Waals surface area contributed by atoms with Crippen LogP contribution in [-0.2, 0) is 17.1 Å². The normalized spacial score (nSPS) is 15.0. The summed E-state index contributed by atoms with van der Waals surface area (Å²) in [7, 11) is 1.25. The molecule has 0 saturated carbocycles. The van der Waals surface area contributed by atoms with Gasteiger partial charge < -0.3 is 0 Å². The van der Waals surface area contributed by atoms with Gasteiger partial charge in [-0.1, -0.05) is 64.5 Å². The van der Waals surface area contributed by atoms with Crippen molar-refractivity contribution in [1.29, 1.82) is 0 Å². The first kappa shape index (κ1) is 27.7. The number of alkyl halides is 3. The first-order chi connectivity index (χ1) is 17.2. The molecule has 36 heavy (non-hydrogen) atoms. The zero-order valence-electron chi connectivity index (χ0n) is 18.3. The van der Waals surface area contributed by atoms with Crippen molar-refractivity contribution in [1.82, 2.24) is 0 Å². The molecule has 0 heterocycles. The topological polar surface area (TPSA) is 24.7 Å². The van der Waals surface area contributed by atoms with Crippen LogP contribution in [0.25, 0.3) is 10.8 Å². The summed E-state index contributed by atoms with van der Waals surface area (Å²) in [4.78, 5) is 9.50. The summed E-state index contributed by atoms with van der Waals surface area (Å²) in [6.07, 6.45) is -4.51. The Morgan fingerprint density at radius 3 is 1.94 bits per heavy atom. The second kappa shape index (κ2) is 11.6. The first-order valence-corrected chi connectivity index (χ1v) is 16.8. The molecule has 188 valence electrons. The summed E-state index contributed by atoms with van der Waals surface area (Å²) in [6.45, 7) is 1.94. The minimum absolute atomic E-state index is 0.135. The molecule has 0 bridgehead atoms. The minimum atomic E-state index is -4.51. The summed E-state index contributed by atoms with van der Waals surface area (Å²) in [5.74, 6) is 0. The van der Waals surface area contributed by atoms with E-state index < -0.39 is 11.7 Å². The Labute approximate surface area is 243 Å². The fraction of sp³-hybridized carbons (Fsp3) is 0.0769. The van der Waals surface area contributed by atoms with Crippen molar-refractivity contribution in [3.63, 3.8) is 0 Å². The van der Waals surface area contributed by atoms with Crippen LogP contribution < -0.4 is 0 Å². The van der Waals surface area contributed by atoms with Gasteiger partial charge in [-0.3, -0.25) is 0 Å². The molecule has 5 rings (SSSR count). The van der Waals surface area contributed by atoms with Gasteiger partial charge in [0.1, 0.15) is 0 Å². The standard InChI is InChI=1S/C26H15Br2F3N2.2BrH.Ni/c1-14-12-16(27)13-20(28)23(14)33-25-18-9-5-7-15-6-4-8-17(22(15)18)24(25)32-21-11-3-2-10-19(21)26(29,30)31;;;/h2-13H,1H3;2*1H;/q;;;+2/p-2. The van der Waals surface area contributed by atoms with Crippen LogP contribution in [0.5, 0.6) is 0 Å². The Morgan fingerprint density at radius 2 is 1.36 bits per heavy atom. The van der Waals surface area contributed by atoms with E-state index in [2.05, 4.69) is 65.3 Å². The molecule has 4 aromatic carbocycles. The van der Waals surface area contributed by atoms with Crippen molar-refractivity contribution in [3.05, 3.63) is 104 Å². The molecule has 0 aromatic heterocycles. The molecule has 0 fully saturated rings. The van der Waals surface area contributed by atoms with E-state index in [4.69, 9.17) is 4.99 Å². The van der Waals surface area contributed by atoms with E-state index in [-0.39, 0.29) is 5.69 Å². The Bertz CT molecular complexity index is 1490. The molecule has 0 saturated heterocycles. The fourth-order valence-corrected chi connectivity index (χ4v) is 5.62. The monoisotopic (exact) mass is 786 g/mol. The second-order valence-corrected chi connectivity index (χ2v) is 14.5. The Morgan fingerprint density at radius 1 is 0.778 bits per heavy atom. The van der Waals surface area contributed by atoms with Crippen molar-refractivity contribution in [2.75, 3.05) is 0 Å². The van der Waals surface area contributed by atoms with Crippen LogP contribution in [0.2, 0.25) is 0 Å². The SMILES string of the molecule is Cc1cc(Br)cc(Br)c1N=C1C(=Nc2ccccc2C(F)(F)F)c2cccc3cccc1c23.[Br][Ni][Br]. The van der Waals surface area contributed by atoms with Gasteiger partial charge in [-0.2, -0.15) is 13.2 Å². The second-order valence-electron chi connectivity index (χ2n) is 7.74. The van der Waals surface area contributed by atoms with Crippen molar-refractivity contribution in [3.8, 4) is 0 Å². The van der Waals surface area contributed by atoms with Crippen LogP contribution in [0, 0.1) is 6.92 Å². The number of rotatable bonds is 2. The average Bonchev–Trinajstić information content (AvgIpc) is 3.11. The molecule has 1 aliphatic carbocycles. The van der Waals surface area contributed by atoms with Gasteiger partial charge in [0.2, 0.25) is 0 Å². The van der Waals surface area contributed by atoms with E-state index in [1.54, 1.807) is 6.07 Å². The molecule has 4 aromatic rings. The number of aryl methyl sites for hydroxylation is 1. The number of halogens is 7. The number of hydrogen-bond acceptors (Lipinski definition) is 2. The number of nitrogens with zero attached hydrogens (tertiary/aromatic N) is 2.